The van der Waals surface area contributed by atoms with Crippen LogP contribution in [0.5, 0.6) is 11.5 Å². The molecular weight excluding hydrogens is 368 g/mol. The van der Waals surface area contributed by atoms with Crippen LogP contribution in [0.15, 0.2) is 47.2 Å². The Labute approximate surface area is 161 Å². The predicted octanol–water partition coefficient (Wildman–Crippen LogP) is 5.19. The molecule has 3 rings (SSSR count). The van der Waals surface area contributed by atoms with Gasteiger partial charge in [-0.05, 0) is 35.0 Å². The average Bonchev–Trinajstić information content (AvgIpc) is 3.36. The third-order valence-corrected chi connectivity index (χ3v) is 5.55. The van der Waals surface area contributed by atoms with Crippen molar-refractivity contribution >= 4 is 22.7 Å². The average molecular weight is 391 g/mol. The molecule has 0 radical (unpaired) electrons. The maximum atomic E-state index is 6.03. The summed E-state index contributed by atoms with van der Waals surface area (Å²) in [7, 11) is 3.35. The highest BCUT2D eigenvalue weighted by Gasteiger charge is 2.16. The van der Waals surface area contributed by atoms with Crippen molar-refractivity contribution in [2.45, 2.75) is 0 Å². The monoisotopic (exact) mass is 390 g/mol. The summed E-state index contributed by atoms with van der Waals surface area (Å²) in [6.45, 7) is 2.10. The van der Waals surface area contributed by atoms with Gasteiger partial charge in [-0.1, -0.05) is 12.1 Å². The minimum absolute atomic E-state index is 0.503. The number of thiophene rings is 2. The van der Waals surface area contributed by atoms with Gasteiger partial charge < -0.3 is 18.9 Å². The molecule has 4 nitrogen and oxygen atoms in total. The molecule has 0 aliphatic heterocycles. The Balaban J connectivity index is 2.02. The van der Waals surface area contributed by atoms with Crippen LogP contribution in [0.3, 0.4) is 0 Å². The molecule has 3 aromatic rings. The molecule has 0 bridgehead atoms. The fourth-order valence-electron chi connectivity index (χ4n) is 2.52. The third kappa shape index (κ3) is 4.65. The molecule has 0 amide bonds. The molecule has 26 heavy (non-hydrogen) atoms. The summed E-state index contributed by atoms with van der Waals surface area (Å²) < 4.78 is 22.3. The zero-order valence-corrected chi connectivity index (χ0v) is 16.5. The van der Waals surface area contributed by atoms with Crippen LogP contribution >= 0.6 is 22.7 Å². The summed E-state index contributed by atoms with van der Waals surface area (Å²) in [5.41, 5.74) is 2.06. The number of ether oxygens (including phenoxy) is 4. The van der Waals surface area contributed by atoms with Crippen molar-refractivity contribution in [1.29, 1.82) is 0 Å². The van der Waals surface area contributed by atoms with Crippen LogP contribution in [0.1, 0.15) is 0 Å². The van der Waals surface area contributed by atoms with Gasteiger partial charge in [-0.25, -0.2) is 0 Å². The smallest absolute Gasteiger partial charge is 0.128 e. The summed E-state index contributed by atoms with van der Waals surface area (Å²) >= 11 is 3.36. The third-order valence-electron chi connectivity index (χ3n) is 3.75. The van der Waals surface area contributed by atoms with Gasteiger partial charge in [-0.15, -0.1) is 22.7 Å². The van der Waals surface area contributed by atoms with E-state index in [0.717, 1.165) is 32.4 Å². The Hall–Kier alpha value is -1.86. The Bertz CT molecular complexity index is 715. The standard InChI is InChI=1S/C20H22O4S2/c1-21-7-9-23-17-13-16(20-6-4-12-26-20)18(24-10-8-22-2)14-15(17)19-5-3-11-25-19/h3-6,11-14H,7-10H2,1-2H3. The summed E-state index contributed by atoms with van der Waals surface area (Å²) in [5.74, 6) is 1.68. The maximum absolute atomic E-state index is 6.03. The van der Waals surface area contributed by atoms with Crippen molar-refractivity contribution in [3.8, 4) is 32.4 Å². The minimum Gasteiger partial charge on any atom is -0.490 e. The van der Waals surface area contributed by atoms with E-state index in [2.05, 4.69) is 35.0 Å². The molecule has 138 valence electrons. The van der Waals surface area contributed by atoms with Crippen molar-refractivity contribution in [1.82, 2.24) is 0 Å². The first-order valence-corrected chi connectivity index (χ1v) is 10.1. The first-order valence-electron chi connectivity index (χ1n) is 8.32. The number of hydrogen-bond acceptors (Lipinski definition) is 6. The number of rotatable bonds is 10. The molecule has 0 aliphatic rings. The van der Waals surface area contributed by atoms with Gasteiger partial charge in [0.25, 0.3) is 0 Å². The fourth-order valence-corrected chi connectivity index (χ4v) is 4.01. The van der Waals surface area contributed by atoms with Gasteiger partial charge in [0.2, 0.25) is 0 Å². The van der Waals surface area contributed by atoms with Crippen LogP contribution in [0, 0.1) is 0 Å². The van der Waals surface area contributed by atoms with Crippen LogP contribution in [0.4, 0.5) is 0 Å². The predicted molar refractivity (Wildman–Crippen MR) is 108 cm³/mol. The molecule has 6 heteroatoms. The SMILES string of the molecule is COCCOc1cc(-c2cccs2)c(OCCOC)cc1-c1cccs1. The van der Waals surface area contributed by atoms with Crippen molar-refractivity contribution < 1.29 is 18.9 Å². The molecule has 1 aromatic carbocycles. The quantitative estimate of drug-likeness (QED) is 0.446. The molecule has 0 atom stereocenters. The van der Waals surface area contributed by atoms with Gasteiger partial charge >= 0.3 is 0 Å². The molecule has 0 unspecified atom stereocenters. The van der Waals surface area contributed by atoms with Crippen molar-refractivity contribution in [2.24, 2.45) is 0 Å². The van der Waals surface area contributed by atoms with E-state index in [1.807, 2.05) is 12.1 Å². The molecule has 0 saturated carbocycles. The van der Waals surface area contributed by atoms with E-state index in [0.29, 0.717) is 26.4 Å². The molecule has 2 heterocycles. The number of hydrogen-bond donors (Lipinski definition) is 0. The fraction of sp³-hybridized carbons (Fsp3) is 0.300. The highest BCUT2D eigenvalue weighted by Crippen LogP contribution is 2.43. The summed E-state index contributed by atoms with van der Waals surface area (Å²) in [6, 6.07) is 12.4. The van der Waals surface area contributed by atoms with Crippen LogP contribution in [0.25, 0.3) is 20.9 Å². The highest BCUT2D eigenvalue weighted by molar-refractivity contribution is 7.14. The molecular formula is C20H22O4S2. The molecule has 0 aliphatic carbocycles. The van der Waals surface area contributed by atoms with E-state index in [1.165, 1.54) is 0 Å². The Morgan fingerprint density at radius 3 is 1.50 bits per heavy atom. The topological polar surface area (TPSA) is 36.9 Å². The van der Waals surface area contributed by atoms with E-state index >= 15 is 0 Å². The molecule has 0 fully saturated rings. The maximum Gasteiger partial charge on any atom is 0.128 e. The molecule has 0 spiro atoms. The summed E-state index contributed by atoms with van der Waals surface area (Å²) in [5, 5.41) is 4.12. The van der Waals surface area contributed by atoms with E-state index in [-0.39, 0.29) is 0 Å². The zero-order valence-electron chi connectivity index (χ0n) is 14.9. The Morgan fingerprint density at radius 2 is 1.15 bits per heavy atom. The van der Waals surface area contributed by atoms with E-state index in [4.69, 9.17) is 18.9 Å². The molecule has 0 saturated heterocycles. The van der Waals surface area contributed by atoms with Gasteiger partial charge in [-0.2, -0.15) is 0 Å². The largest absolute Gasteiger partial charge is 0.490 e. The van der Waals surface area contributed by atoms with Crippen molar-refractivity contribution in [2.75, 3.05) is 40.6 Å². The van der Waals surface area contributed by atoms with E-state index in [1.54, 1.807) is 36.9 Å². The normalized spacial score (nSPS) is 10.8. The Morgan fingerprint density at radius 1 is 0.692 bits per heavy atom. The summed E-state index contributed by atoms with van der Waals surface area (Å²) in [6.07, 6.45) is 0. The zero-order chi connectivity index (χ0) is 18.2. The molecule has 2 aromatic heterocycles. The van der Waals surface area contributed by atoms with E-state index < -0.39 is 0 Å². The second-order valence-electron chi connectivity index (χ2n) is 5.48. The lowest BCUT2D eigenvalue weighted by atomic mass is 10.1. The van der Waals surface area contributed by atoms with Gasteiger partial charge in [0.15, 0.2) is 0 Å². The lowest BCUT2D eigenvalue weighted by molar-refractivity contribution is 0.145. The van der Waals surface area contributed by atoms with Gasteiger partial charge in [0.05, 0.1) is 13.2 Å². The van der Waals surface area contributed by atoms with Gasteiger partial charge in [0, 0.05) is 35.1 Å². The van der Waals surface area contributed by atoms with Crippen LogP contribution in [-0.4, -0.2) is 40.6 Å². The second kappa shape index (κ2) is 9.73. The lowest BCUT2D eigenvalue weighted by Crippen LogP contribution is -2.07. The van der Waals surface area contributed by atoms with Crippen molar-refractivity contribution in [3.05, 3.63) is 47.2 Å². The second-order valence-corrected chi connectivity index (χ2v) is 7.38. The molecule has 0 N–H and O–H groups in total. The van der Waals surface area contributed by atoms with Gasteiger partial charge in [-0.3, -0.25) is 0 Å². The van der Waals surface area contributed by atoms with Crippen LogP contribution < -0.4 is 9.47 Å². The number of benzene rings is 1. The van der Waals surface area contributed by atoms with Crippen LogP contribution in [-0.2, 0) is 9.47 Å². The first-order chi connectivity index (χ1) is 12.8. The highest BCUT2D eigenvalue weighted by atomic mass is 32.1. The first kappa shape index (κ1) is 18.9. The van der Waals surface area contributed by atoms with Crippen molar-refractivity contribution in [3.63, 3.8) is 0 Å². The summed E-state index contributed by atoms with van der Waals surface area (Å²) in [4.78, 5) is 2.29. The number of methoxy groups -OCH3 is 2. The van der Waals surface area contributed by atoms with Crippen LogP contribution in [0.2, 0.25) is 0 Å². The lowest BCUT2D eigenvalue weighted by Gasteiger charge is -2.16. The van der Waals surface area contributed by atoms with Gasteiger partial charge in [0.1, 0.15) is 24.7 Å². The Kier molecular flexibility index (Phi) is 7.08. The minimum atomic E-state index is 0.503. The van der Waals surface area contributed by atoms with E-state index in [9.17, 15) is 0 Å².